The number of hydrogen-bond donors (Lipinski definition) is 1. The molecule has 0 saturated carbocycles. The van der Waals surface area contributed by atoms with Crippen molar-refractivity contribution in [1.82, 2.24) is 0 Å². The molecule has 0 spiro atoms. The van der Waals surface area contributed by atoms with Crippen molar-refractivity contribution in [3.63, 3.8) is 0 Å². The van der Waals surface area contributed by atoms with Gasteiger partial charge in [-0.1, -0.05) is 31.2 Å². The summed E-state index contributed by atoms with van der Waals surface area (Å²) in [7, 11) is 1.60. The monoisotopic (exact) mass is 206 g/mol. The van der Waals surface area contributed by atoms with Crippen molar-refractivity contribution >= 4 is 0 Å². The van der Waals surface area contributed by atoms with Gasteiger partial charge in [-0.15, -0.1) is 6.58 Å². The van der Waals surface area contributed by atoms with E-state index in [1.165, 1.54) is 0 Å². The van der Waals surface area contributed by atoms with Crippen LogP contribution in [0, 0.1) is 5.92 Å². The van der Waals surface area contributed by atoms with Crippen LogP contribution in [-0.4, -0.2) is 12.2 Å². The molecule has 82 valence electrons. The van der Waals surface area contributed by atoms with E-state index in [1.807, 2.05) is 31.2 Å². The molecular formula is C13H18O2. The van der Waals surface area contributed by atoms with Crippen molar-refractivity contribution in [3.05, 3.63) is 42.5 Å². The van der Waals surface area contributed by atoms with Crippen LogP contribution in [0.25, 0.3) is 0 Å². The molecule has 0 aliphatic heterocycles. The first-order chi connectivity index (χ1) is 7.04. The Hall–Kier alpha value is -1.28. The maximum Gasteiger partial charge on any atom is 0.124 e. The standard InChI is InChI=1S/C13H18O2/c1-5-10(2)13(3,14)11-8-6-7-9-12(11)15-4/h5-10,14H,1H2,2-4H3/t10-,13+/m1/s1. The maximum atomic E-state index is 10.4. The molecule has 0 fully saturated rings. The Morgan fingerprint density at radius 2 is 2.07 bits per heavy atom. The first-order valence-corrected chi connectivity index (χ1v) is 5.02. The van der Waals surface area contributed by atoms with E-state index in [4.69, 9.17) is 4.74 Å². The predicted octanol–water partition coefficient (Wildman–Crippen LogP) is 2.72. The molecule has 0 unspecified atom stereocenters. The molecule has 0 heterocycles. The zero-order valence-corrected chi connectivity index (χ0v) is 9.53. The highest BCUT2D eigenvalue weighted by atomic mass is 16.5. The quantitative estimate of drug-likeness (QED) is 0.767. The van der Waals surface area contributed by atoms with Gasteiger partial charge in [-0.05, 0) is 13.0 Å². The van der Waals surface area contributed by atoms with Gasteiger partial charge in [0, 0.05) is 11.5 Å². The fraction of sp³-hybridized carbons (Fsp3) is 0.385. The van der Waals surface area contributed by atoms with Gasteiger partial charge in [0.2, 0.25) is 0 Å². The fourth-order valence-corrected chi connectivity index (χ4v) is 1.54. The lowest BCUT2D eigenvalue weighted by atomic mass is 9.83. The van der Waals surface area contributed by atoms with Gasteiger partial charge in [-0.2, -0.15) is 0 Å². The molecule has 1 N–H and O–H groups in total. The molecule has 0 aliphatic carbocycles. The third kappa shape index (κ3) is 2.21. The van der Waals surface area contributed by atoms with E-state index in [1.54, 1.807) is 20.1 Å². The molecule has 2 nitrogen and oxygen atoms in total. The van der Waals surface area contributed by atoms with E-state index in [0.717, 1.165) is 5.56 Å². The van der Waals surface area contributed by atoms with Crippen molar-refractivity contribution in [1.29, 1.82) is 0 Å². The summed E-state index contributed by atoms with van der Waals surface area (Å²) in [6.07, 6.45) is 1.74. The Morgan fingerprint density at radius 3 is 2.60 bits per heavy atom. The van der Waals surface area contributed by atoms with Crippen LogP contribution < -0.4 is 4.74 Å². The van der Waals surface area contributed by atoms with Crippen LogP contribution in [0.3, 0.4) is 0 Å². The van der Waals surface area contributed by atoms with Crippen LogP contribution in [0.15, 0.2) is 36.9 Å². The van der Waals surface area contributed by atoms with Crippen LogP contribution in [0.4, 0.5) is 0 Å². The number of benzene rings is 1. The Morgan fingerprint density at radius 1 is 1.47 bits per heavy atom. The summed E-state index contributed by atoms with van der Waals surface area (Å²) in [4.78, 5) is 0. The van der Waals surface area contributed by atoms with Gasteiger partial charge in [-0.3, -0.25) is 0 Å². The Labute approximate surface area is 91.2 Å². The van der Waals surface area contributed by atoms with Gasteiger partial charge in [0.1, 0.15) is 5.75 Å². The highest BCUT2D eigenvalue weighted by molar-refractivity contribution is 5.38. The lowest BCUT2D eigenvalue weighted by Crippen LogP contribution is -2.29. The van der Waals surface area contributed by atoms with Crippen LogP contribution in [0.1, 0.15) is 19.4 Å². The third-order valence-corrected chi connectivity index (χ3v) is 2.89. The summed E-state index contributed by atoms with van der Waals surface area (Å²) in [6, 6.07) is 7.50. The molecule has 0 saturated heterocycles. The van der Waals surface area contributed by atoms with E-state index in [2.05, 4.69) is 6.58 Å². The number of methoxy groups -OCH3 is 1. The van der Waals surface area contributed by atoms with Crippen LogP contribution in [-0.2, 0) is 5.60 Å². The number of ether oxygens (including phenoxy) is 1. The number of aliphatic hydroxyl groups is 1. The lowest BCUT2D eigenvalue weighted by molar-refractivity contribution is 0.0183. The van der Waals surface area contributed by atoms with Gasteiger partial charge in [0.05, 0.1) is 12.7 Å². The Bertz CT molecular complexity index is 342. The fourth-order valence-electron chi connectivity index (χ4n) is 1.54. The van der Waals surface area contributed by atoms with E-state index in [0.29, 0.717) is 5.75 Å². The summed E-state index contributed by atoms with van der Waals surface area (Å²) in [5.41, 5.74) is -0.158. The molecule has 1 aromatic rings. The smallest absolute Gasteiger partial charge is 0.124 e. The predicted molar refractivity (Wildman–Crippen MR) is 61.9 cm³/mol. The van der Waals surface area contributed by atoms with Gasteiger partial charge in [0.25, 0.3) is 0 Å². The van der Waals surface area contributed by atoms with E-state index < -0.39 is 5.60 Å². The molecule has 2 heteroatoms. The number of hydrogen-bond acceptors (Lipinski definition) is 2. The molecule has 15 heavy (non-hydrogen) atoms. The van der Waals surface area contributed by atoms with Crippen molar-refractivity contribution in [2.75, 3.05) is 7.11 Å². The topological polar surface area (TPSA) is 29.5 Å². The first-order valence-electron chi connectivity index (χ1n) is 5.02. The highest BCUT2D eigenvalue weighted by Gasteiger charge is 2.30. The average molecular weight is 206 g/mol. The normalized spacial score (nSPS) is 16.5. The summed E-state index contributed by atoms with van der Waals surface area (Å²) in [6.45, 7) is 7.41. The molecule has 1 aromatic carbocycles. The molecule has 2 atom stereocenters. The molecule has 0 radical (unpaired) electrons. The number of rotatable bonds is 4. The summed E-state index contributed by atoms with van der Waals surface area (Å²) in [5.74, 6) is 0.671. The minimum atomic E-state index is -0.950. The minimum Gasteiger partial charge on any atom is -0.496 e. The SMILES string of the molecule is C=C[C@@H](C)[C@](C)(O)c1ccccc1OC. The largest absolute Gasteiger partial charge is 0.496 e. The maximum absolute atomic E-state index is 10.4. The Kier molecular flexibility index (Phi) is 3.53. The second-order valence-corrected chi connectivity index (χ2v) is 3.87. The van der Waals surface area contributed by atoms with E-state index >= 15 is 0 Å². The van der Waals surface area contributed by atoms with Crippen LogP contribution in [0.2, 0.25) is 0 Å². The Balaban J connectivity index is 3.19. The lowest BCUT2D eigenvalue weighted by Gasteiger charge is -2.30. The second-order valence-electron chi connectivity index (χ2n) is 3.87. The van der Waals surface area contributed by atoms with Crippen LogP contribution in [0.5, 0.6) is 5.75 Å². The van der Waals surface area contributed by atoms with Crippen molar-refractivity contribution in [3.8, 4) is 5.75 Å². The van der Waals surface area contributed by atoms with E-state index in [9.17, 15) is 5.11 Å². The molecule has 0 aromatic heterocycles. The van der Waals surface area contributed by atoms with Gasteiger partial charge in [0.15, 0.2) is 0 Å². The van der Waals surface area contributed by atoms with Crippen LogP contribution >= 0.6 is 0 Å². The zero-order chi connectivity index (χ0) is 11.5. The minimum absolute atomic E-state index is 0.0335. The molecular weight excluding hydrogens is 188 g/mol. The van der Waals surface area contributed by atoms with Gasteiger partial charge < -0.3 is 9.84 Å². The van der Waals surface area contributed by atoms with Crippen molar-refractivity contribution in [2.24, 2.45) is 5.92 Å². The molecule has 0 aliphatic rings. The third-order valence-electron chi connectivity index (χ3n) is 2.89. The van der Waals surface area contributed by atoms with Gasteiger partial charge in [-0.25, -0.2) is 0 Å². The highest BCUT2D eigenvalue weighted by Crippen LogP contribution is 2.35. The summed E-state index contributed by atoms with van der Waals surface area (Å²) < 4.78 is 5.23. The van der Waals surface area contributed by atoms with E-state index in [-0.39, 0.29) is 5.92 Å². The summed E-state index contributed by atoms with van der Waals surface area (Å²) in [5, 5.41) is 10.4. The molecule has 1 rings (SSSR count). The van der Waals surface area contributed by atoms with Crippen molar-refractivity contribution < 1.29 is 9.84 Å². The van der Waals surface area contributed by atoms with Crippen molar-refractivity contribution in [2.45, 2.75) is 19.4 Å². The molecule has 0 bridgehead atoms. The number of para-hydroxylation sites is 1. The average Bonchev–Trinajstić information content (AvgIpc) is 2.27. The molecule has 0 amide bonds. The summed E-state index contributed by atoms with van der Waals surface area (Å²) >= 11 is 0. The van der Waals surface area contributed by atoms with Gasteiger partial charge >= 0.3 is 0 Å². The first kappa shape index (κ1) is 11.8. The second kappa shape index (κ2) is 4.49. The zero-order valence-electron chi connectivity index (χ0n) is 9.53.